The molecule has 100 valence electrons. The zero-order valence-electron chi connectivity index (χ0n) is 10.8. The number of nitrogens with zero attached hydrogens (tertiary/aromatic N) is 1. The highest BCUT2D eigenvalue weighted by atomic mass is 35.5. The van der Waals surface area contributed by atoms with Crippen molar-refractivity contribution in [2.75, 3.05) is 0 Å². The normalized spacial score (nSPS) is 11.4. The standard InChI is InChI=1S/C16H12ClNO2/c1-11(16(19)13-5-7-14(17)8-6-13)20-15-4-2-3-12(9-15)10-18/h2-9,11H,1H3. The molecule has 0 heterocycles. The summed E-state index contributed by atoms with van der Waals surface area (Å²) in [6.07, 6.45) is -0.634. The largest absolute Gasteiger partial charge is 0.483 e. The SMILES string of the molecule is CC(Oc1cccc(C#N)c1)C(=O)c1ccc(Cl)cc1. The molecule has 0 aromatic heterocycles. The van der Waals surface area contributed by atoms with Gasteiger partial charge in [-0.3, -0.25) is 4.79 Å². The summed E-state index contributed by atoms with van der Waals surface area (Å²) in [7, 11) is 0. The maximum absolute atomic E-state index is 12.2. The average Bonchev–Trinajstić information content (AvgIpc) is 2.47. The third-order valence-corrected chi connectivity index (χ3v) is 3.03. The van der Waals surface area contributed by atoms with Crippen LogP contribution in [0.1, 0.15) is 22.8 Å². The number of rotatable bonds is 4. The molecule has 1 unspecified atom stereocenters. The molecule has 0 spiro atoms. The van der Waals surface area contributed by atoms with Crippen molar-refractivity contribution < 1.29 is 9.53 Å². The quantitative estimate of drug-likeness (QED) is 0.802. The maximum Gasteiger partial charge on any atom is 0.202 e. The number of nitriles is 1. The van der Waals surface area contributed by atoms with E-state index in [0.29, 0.717) is 21.9 Å². The summed E-state index contributed by atoms with van der Waals surface area (Å²) >= 11 is 5.79. The molecule has 3 nitrogen and oxygen atoms in total. The van der Waals surface area contributed by atoms with E-state index < -0.39 is 6.10 Å². The first-order valence-electron chi connectivity index (χ1n) is 6.07. The van der Waals surface area contributed by atoms with Gasteiger partial charge in [0.1, 0.15) is 5.75 Å². The van der Waals surface area contributed by atoms with Gasteiger partial charge in [-0.1, -0.05) is 17.7 Å². The minimum Gasteiger partial charge on any atom is -0.483 e. The smallest absolute Gasteiger partial charge is 0.202 e. The van der Waals surface area contributed by atoms with Gasteiger partial charge in [0.2, 0.25) is 5.78 Å². The number of ether oxygens (including phenoxy) is 1. The van der Waals surface area contributed by atoms with Crippen molar-refractivity contribution in [1.82, 2.24) is 0 Å². The lowest BCUT2D eigenvalue weighted by atomic mass is 10.1. The molecule has 2 rings (SSSR count). The van der Waals surface area contributed by atoms with Crippen LogP contribution < -0.4 is 4.74 Å². The molecule has 0 radical (unpaired) electrons. The Morgan fingerprint density at radius 2 is 1.95 bits per heavy atom. The zero-order valence-corrected chi connectivity index (χ0v) is 11.6. The summed E-state index contributed by atoms with van der Waals surface area (Å²) in [6.45, 7) is 1.68. The monoisotopic (exact) mass is 285 g/mol. The fourth-order valence-corrected chi connectivity index (χ4v) is 1.87. The van der Waals surface area contributed by atoms with Crippen LogP contribution in [0.3, 0.4) is 0 Å². The number of hydrogen-bond donors (Lipinski definition) is 0. The van der Waals surface area contributed by atoms with Crippen LogP contribution in [0, 0.1) is 11.3 Å². The van der Waals surface area contributed by atoms with E-state index in [4.69, 9.17) is 21.6 Å². The van der Waals surface area contributed by atoms with Crippen molar-refractivity contribution in [3.8, 4) is 11.8 Å². The Hall–Kier alpha value is -2.31. The fourth-order valence-electron chi connectivity index (χ4n) is 1.75. The van der Waals surface area contributed by atoms with Crippen molar-refractivity contribution in [3.05, 3.63) is 64.7 Å². The topological polar surface area (TPSA) is 50.1 Å². The third kappa shape index (κ3) is 3.37. The summed E-state index contributed by atoms with van der Waals surface area (Å²) in [4.78, 5) is 12.2. The van der Waals surface area contributed by atoms with Crippen molar-refractivity contribution >= 4 is 17.4 Å². The summed E-state index contributed by atoms with van der Waals surface area (Å²) in [6, 6.07) is 15.4. The Balaban J connectivity index is 2.11. The molecule has 0 aliphatic rings. The second-order valence-corrected chi connectivity index (χ2v) is 4.71. The van der Waals surface area contributed by atoms with Gasteiger partial charge in [0, 0.05) is 10.6 Å². The molecule has 0 saturated heterocycles. The van der Waals surface area contributed by atoms with Crippen LogP contribution in [0.4, 0.5) is 0 Å². The molecule has 20 heavy (non-hydrogen) atoms. The number of carbonyl (C=O) groups excluding carboxylic acids is 1. The van der Waals surface area contributed by atoms with Crippen molar-refractivity contribution in [3.63, 3.8) is 0 Å². The second-order valence-electron chi connectivity index (χ2n) is 4.27. The minimum atomic E-state index is -0.634. The molecule has 0 N–H and O–H groups in total. The molecular formula is C16H12ClNO2. The van der Waals surface area contributed by atoms with E-state index in [-0.39, 0.29) is 5.78 Å². The number of benzene rings is 2. The van der Waals surface area contributed by atoms with E-state index in [9.17, 15) is 4.79 Å². The predicted octanol–water partition coefficient (Wildman–Crippen LogP) is 3.86. The Morgan fingerprint density at radius 3 is 2.60 bits per heavy atom. The lowest BCUT2D eigenvalue weighted by molar-refractivity contribution is 0.0818. The first-order valence-corrected chi connectivity index (χ1v) is 6.44. The lowest BCUT2D eigenvalue weighted by Crippen LogP contribution is -2.23. The Kier molecular flexibility index (Phi) is 4.39. The van der Waals surface area contributed by atoms with Crippen molar-refractivity contribution in [1.29, 1.82) is 5.26 Å². The number of halogens is 1. The molecular weight excluding hydrogens is 274 g/mol. The first kappa shape index (κ1) is 14.1. The van der Waals surface area contributed by atoms with E-state index in [1.54, 1.807) is 55.5 Å². The molecule has 0 saturated carbocycles. The highest BCUT2D eigenvalue weighted by Crippen LogP contribution is 2.17. The average molecular weight is 286 g/mol. The van der Waals surface area contributed by atoms with Gasteiger partial charge in [0.15, 0.2) is 6.10 Å². The van der Waals surface area contributed by atoms with E-state index >= 15 is 0 Å². The van der Waals surface area contributed by atoms with E-state index in [2.05, 4.69) is 0 Å². The molecule has 0 aliphatic heterocycles. The Bertz CT molecular complexity index is 659. The summed E-state index contributed by atoms with van der Waals surface area (Å²) < 4.78 is 5.57. The summed E-state index contributed by atoms with van der Waals surface area (Å²) in [5.74, 6) is 0.364. The predicted molar refractivity (Wildman–Crippen MR) is 77.0 cm³/mol. The third-order valence-electron chi connectivity index (χ3n) is 2.77. The van der Waals surface area contributed by atoms with Crippen LogP contribution in [0.15, 0.2) is 48.5 Å². The molecule has 0 fully saturated rings. The molecule has 0 aliphatic carbocycles. The molecule has 0 bridgehead atoms. The summed E-state index contributed by atoms with van der Waals surface area (Å²) in [5.41, 5.74) is 1.03. The van der Waals surface area contributed by atoms with Gasteiger partial charge < -0.3 is 4.74 Å². The van der Waals surface area contributed by atoms with Crippen LogP contribution in [0.5, 0.6) is 5.75 Å². The number of carbonyl (C=O) groups is 1. The van der Waals surface area contributed by atoms with Crippen molar-refractivity contribution in [2.45, 2.75) is 13.0 Å². The van der Waals surface area contributed by atoms with Gasteiger partial charge in [-0.2, -0.15) is 5.26 Å². The number of ketones is 1. The number of hydrogen-bond acceptors (Lipinski definition) is 3. The van der Waals surface area contributed by atoms with Gasteiger partial charge in [-0.05, 0) is 49.4 Å². The highest BCUT2D eigenvalue weighted by Gasteiger charge is 2.16. The molecule has 4 heteroatoms. The van der Waals surface area contributed by atoms with Crippen molar-refractivity contribution in [2.24, 2.45) is 0 Å². The van der Waals surface area contributed by atoms with Crippen LogP contribution in [-0.2, 0) is 0 Å². The zero-order chi connectivity index (χ0) is 14.5. The summed E-state index contributed by atoms with van der Waals surface area (Å²) in [5, 5.41) is 9.40. The lowest BCUT2D eigenvalue weighted by Gasteiger charge is -2.13. The molecule has 2 aromatic rings. The molecule has 0 amide bonds. The van der Waals surface area contributed by atoms with Gasteiger partial charge in [0.05, 0.1) is 11.6 Å². The van der Waals surface area contributed by atoms with Gasteiger partial charge in [-0.25, -0.2) is 0 Å². The van der Waals surface area contributed by atoms with E-state index in [1.165, 1.54) is 0 Å². The van der Waals surface area contributed by atoms with Crippen LogP contribution in [0.25, 0.3) is 0 Å². The second kappa shape index (κ2) is 6.23. The van der Waals surface area contributed by atoms with Gasteiger partial charge in [0.25, 0.3) is 0 Å². The minimum absolute atomic E-state index is 0.135. The van der Waals surface area contributed by atoms with Crippen LogP contribution in [-0.4, -0.2) is 11.9 Å². The van der Waals surface area contributed by atoms with Crippen LogP contribution >= 0.6 is 11.6 Å². The van der Waals surface area contributed by atoms with Gasteiger partial charge in [-0.15, -0.1) is 0 Å². The van der Waals surface area contributed by atoms with Crippen LogP contribution in [0.2, 0.25) is 5.02 Å². The Morgan fingerprint density at radius 1 is 1.25 bits per heavy atom. The first-order chi connectivity index (χ1) is 9.60. The molecule has 2 aromatic carbocycles. The van der Waals surface area contributed by atoms with E-state index in [0.717, 1.165) is 0 Å². The number of Topliss-reactive ketones (excluding diaryl/α,β-unsaturated/α-hetero) is 1. The van der Waals surface area contributed by atoms with E-state index in [1.807, 2.05) is 6.07 Å². The Labute approximate surface area is 122 Å². The maximum atomic E-state index is 12.2. The highest BCUT2D eigenvalue weighted by molar-refractivity contribution is 6.30. The molecule has 1 atom stereocenters. The van der Waals surface area contributed by atoms with Gasteiger partial charge >= 0.3 is 0 Å². The fraction of sp³-hybridized carbons (Fsp3) is 0.125.